The molecule has 0 saturated carbocycles. The van der Waals surface area contributed by atoms with E-state index in [0.29, 0.717) is 35.2 Å². The molecule has 356 valence electrons. The van der Waals surface area contributed by atoms with E-state index in [1.807, 2.05) is 65.6 Å². The average Bonchev–Trinajstić information content (AvgIpc) is 3.40. The highest BCUT2D eigenvalue weighted by molar-refractivity contribution is 5.96. The normalized spacial score (nSPS) is 11.4. The fourth-order valence-corrected chi connectivity index (χ4v) is 10.7. The van der Waals surface area contributed by atoms with Crippen LogP contribution in [0.1, 0.15) is 50.1 Å². The summed E-state index contributed by atoms with van der Waals surface area (Å²) in [5.74, 6) is 2.85. The summed E-state index contributed by atoms with van der Waals surface area (Å²) in [6, 6.07) is 61.0. The van der Waals surface area contributed by atoms with Crippen molar-refractivity contribution in [2.24, 2.45) is 0 Å². The Labute approximate surface area is 427 Å². The van der Waals surface area contributed by atoms with Gasteiger partial charge in [0.2, 0.25) is 11.9 Å². The van der Waals surface area contributed by atoms with Crippen molar-refractivity contribution in [2.75, 3.05) is 9.80 Å². The maximum Gasteiger partial charge on any atom is 0.241 e. The van der Waals surface area contributed by atoms with Gasteiger partial charge in [0.15, 0.2) is 23.3 Å². The maximum absolute atomic E-state index is 5.50. The summed E-state index contributed by atoms with van der Waals surface area (Å²) in [6.45, 7) is 19.8. The molecule has 11 rings (SSSR count). The third-order valence-corrected chi connectivity index (χ3v) is 14.0. The molecule has 0 saturated heterocycles. The van der Waals surface area contributed by atoms with E-state index >= 15 is 0 Å². The molecule has 8 heteroatoms. The van der Waals surface area contributed by atoms with Crippen molar-refractivity contribution in [3.05, 3.63) is 226 Å². The van der Waals surface area contributed by atoms with Gasteiger partial charge in [-0.1, -0.05) is 175 Å². The summed E-state index contributed by atoms with van der Waals surface area (Å²) in [6.07, 6.45) is 0. The summed E-state index contributed by atoms with van der Waals surface area (Å²) in [4.78, 5) is 36.8. The average molecular weight is 949 g/mol. The number of rotatable bonds is 10. The zero-order chi connectivity index (χ0) is 50.5. The van der Waals surface area contributed by atoms with Crippen LogP contribution in [-0.4, -0.2) is 29.9 Å². The number of hydrogen-bond acceptors (Lipinski definition) is 8. The van der Waals surface area contributed by atoms with Gasteiger partial charge in [-0.05, 0) is 135 Å². The topological polar surface area (TPSA) is 83.8 Å². The van der Waals surface area contributed by atoms with Crippen LogP contribution < -0.4 is 9.80 Å². The lowest BCUT2D eigenvalue weighted by molar-refractivity contribution is 0.956. The molecule has 2 heterocycles. The highest BCUT2D eigenvalue weighted by Gasteiger charge is 2.31. The second-order valence-electron chi connectivity index (χ2n) is 19.4. The van der Waals surface area contributed by atoms with Gasteiger partial charge >= 0.3 is 0 Å². The van der Waals surface area contributed by atoms with E-state index in [2.05, 4.69) is 182 Å². The fourth-order valence-electron chi connectivity index (χ4n) is 10.7. The highest BCUT2D eigenvalue weighted by atomic mass is 15.4. The second-order valence-corrected chi connectivity index (χ2v) is 19.4. The van der Waals surface area contributed by atoms with Gasteiger partial charge in [-0.15, -0.1) is 0 Å². The Hall–Kier alpha value is -8.88. The number of aryl methyl sites for hydroxylation is 7. The lowest BCUT2D eigenvalue weighted by atomic mass is 9.95. The predicted octanol–water partition coefficient (Wildman–Crippen LogP) is 16.7. The first kappa shape index (κ1) is 46.5. The quantitative estimate of drug-likeness (QED) is 0.134. The molecule has 73 heavy (non-hydrogen) atoms. The lowest BCUT2D eigenvalue weighted by Crippen LogP contribution is -2.22. The van der Waals surface area contributed by atoms with E-state index in [0.717, 1.165) is 71.9 Å². The number of anilines is 6. The van der Waals surface area contributed by atoms with Crippen molar-refractivity contribution < 1.29 is 0 Å². The SMILES string of the molecule is Cc1cc(C)c(N(c2cc(C)c(N(c3nc(-c4ccccc4)nc(-c4ccc5ccccc5c4)n3)c3nc(-c4ccccc4)nc(-c4cccc5ccccc45)n3)c(C)c2C)c2c(C)cc(C)cc2C)c(C)c1. The van der Waals surface area contributed by atoms with Gasteiger partial charge in [0.1, 0.15) is 0 Å². The van der Waals surface area contributed by atoms with Gasteiger partial charge in [-0.25, -0.2) is 14.9 Å². The first-order valence-corrected chi connectivity index (χ1v) is 24.9. The van der Waals surface area contributed by atoms with E-state index in [9.17, 15) is 0 Å². The van der Waals surface area contributed by atoms with Crippen LogP contribution in [0.5, 0.6) is 0 Å². The standard InChI is InChI=1S/C65H56N8/c1-39-33-41(3)57(42(4)34-39)72(58-43(5)35-40(2)36-44(58)6)56-37-45(7)59(47(9)46(56)8)73(64-68-60(50-23-12-10-13-24-50)66-62(70-64)53-32-31-48-21-16-17-27-52(48)38-53)65-69-61(51-25-14-11-15-26-51)67-63(71-65)55-30-20-28-49-22-18-19-29-54(49)55/h10-38H,1-9H3. The zero-order valence-corrected chi connectivity index (χ0v) is 42.8. The van der Waals surface area contributed by atoms with Gasteiger partial charge in [0, 0.05) is 27.9 Å². The summed E-state index contributed by atoms with van der Waals surface area (Å²) in [5, 5.41) is 4.35. The lowest BCUT2D eigenvalue weighted by Gasteiger charge is -2.35. The molecule has 0 aliphatic rings. The molecule has 9 aromatic carbocycles. The molecular formula is C65H56N8. The third-order valence-electron chi connectivity index (χ3n) is 14.0. The third kappa shape index (κ3) is 8.75. The van der Waals surface area contributed by atoms with Gasteiger partial charge in [0.05, 0.1) is 17.1 Å². The van der Waals surface area contributed by atoms with Crippen molar-refractivity contribution in [3.8, 4) is 45.6 Å². The zero-order valence-electron chi connectivity index (χ0n) is 42.8. The molecule has 2 aromatic heterocycles. The van der Waals surface area contributed by atoms with Crippen LogP contribution in [-0.2, 0) is 0 Å². The summed E-state index contributed by atoms with van der Waals surface area (Å²) in [7, 11) is 0. The number of hydrogen-bond donors (Lipinski definition) is 0. The molecule has 0 spiro atoms. The number of aromatic nitrogens is 6. The van der Waals surface area contributed by atoms with Crippen molar-refractivity contribution >= 4 is 56.2 Å². The van der Waals surface area contributed by atoms with Crippen molar-refractivity contribution in [2.45, 2.75) is 62.3 Å². The molecule has 0 unspecified atom stereocenters. The summed E-state index contributed by atoms with van der Waals surface area (Å²) >= 11 is 0. The fraction of sp³-hybridized carbons (Fsp3) is 0.138. The first-order valence-electron chi connectivity index (χ1n) is 24.9. The Kier molecular flexibility index (Phi) is 12.1. The Morgan fingerprint density at radius 2 is 0.753 bits per heavy atom. The van der Waals surface area contributed by atoms with Crippen LogP contribution in [0.4, 0.5) is 34.6 Å². The van der Waals surface area contributed by atoms with E-state index in [-0.39, 0.29) is 0 Å². The smallest absolute Gasteiger partial charge is 0.241 e. The predicted molar refractivity (Wildman–Crippen MR) is 302 cm³/mol. The van der Waals surface area contributed by atoms with E-state index in [1.165, 1.54) is 44.8 Å². The van der Waals surface area contributed by atoms with E-state index in [1.54, 1.807) is 0 Å². The Morgan fingerprint density at radius 1 is 0.301 bits per heavy atom. The van der Waals surface area contributed by atoms with Gasteiger partial charge < -0.3 is 4.90 Å². The maximum atomic E-state index is 5.50. The summed E-state index contributed by atoms with van der Waals surface area (Å²) < 4.78 is 0. The molecule has 0 fully saturated rings. The molecule has 0 atom stereocenters. The molecule has 8 nitrogen and oxygen atoms in total. The molecule has 0 aliphatic carbocycles. The Bertz CT molecular complexity index is 3810. The second kappa shape index (κ2) is 19.0. The van der Waals surface area contributed by atoms with Crippen LogP contribution in [0.3, 0.4) is 0 Å². The van der Waals surface area contributed by atoms with Crippen molar-refractivity contribution in [1.82, 2.24) is 29.9 Å². The van der Waals surface area contributed by atoms with Crippen LogP contribution >= 0.6 is 0 Å². The van der Waals surface area contributed by atoms with Crippen molar-refractivity contribution in [3.63, 3.8) is 0 Å². The van der Waals surface area contributed by atoms with E-state index < -0.39 is 0 Å². The van der Waals surface area contributed by atoms with Crippen molar-refractivity contribution in [1.29, 1.82) is 0 Å². The number of nitrogens with zero attached hydrogens (tertiary/aromatic N) is 8. The van der Waals surface area contributed by atoms with Gasteiger partial charge in [0.25, 0.3) is 0 Å². The van der Waals surface area contributed by atoms with Gasteiger partial charge in [-0.2, -0.15) is 19.9 Å². The molecule has 0 amide bonds. The number of benzene rings is 9. The molecule has 0 aliphatic heterocycles. The molecule has 0 N–H and O–H groups in total. The van der Waals surface area contributed by atoms with Crippen LogP contribution in [0, 0.1) is 62.3 Å². The number of fused-ring (bicyclic) bond motifs is 2. The molecule has 0 bridgehead atoms. The minimum absolute atomic E-state index is 0.372. The van der Waals surface area contributed by atoms with E-state index in [4.69, 9.17) is 29.9 Å². The first-order chi connectivity index (χ1) is 35.4. The molecule has 11 aromatic rings. The van der Waals surface area contributed by atoms with Crippen LogP contribution in [0.2, 0.25) is 0 Å². The van der Waals surface area contributed by atoms with Crippen LogP contribution in [0.15, 0.2) is 176 Å². The Morgan fingerprint density at radius 3 is 1.33 bits per heavy atom. The summed E-state index contributed by atoms with van der Waals surface area (Å²) in [5.41, 5.74) is 18.1. The highest BCUT2D eigenvalue weighted by Crippen LogP contribution is 2.48. The van der Waals surface area contributed by atoms with Crippen LogP contribution in [0.25, 0.3) is 67.1 Å². The molecular weight excluding hydrogens is 893 g/mol. The molecule has 0 radical (unpaired) electrons. The minimum Gasteiger partial charge on any atom is -0.309 e. The Balaban J connectivity index is 1.23. The monoisotopic (exact) mass is 948 g/mol. The minimum atomic E-state index is 0.372. The van der Waals surface area contributed by atoms with Gasteiger partial charge in [-0.3, -0.25) is 0 Å². The largest absolute Gasteiger partial charge is 0.309 e.